The van der Waals surface area contributed by atoms with Crippen LogP contribution in [0.5, 0.6) is 11.5 Å². The maximum absolute atomic E-state index is 13.5. The molecule has 3 aromatic rings. The first-order valence-corrected chi connectivity index (χ1v) is 15.0. The Morgan fingerprint density at radius 3 is 2.42 bits per heavy atom. The molecular formula is C31H33NO5S. The Morgan fingerprint density at radius 2 is 1.71 bits per heavy atom. The number of hydrogen-bond acceptors (Lipinski definition) is 5. The molecule has 2 saturated carbocycles. The largest absolute Gasteiger partial charge is 0.454 e. The molecule has 2 aliphatic carbocycles. The lowest BCUT2D eigenvalue weighted by Crippen LogP contribution is -2.33. The summed E-state index contributed by atoms with van der Waals surface area (Å²) in [5, 5.41) is 0. The lowest BCUT2D eigenvalue weighted by molar-refractivity contribution is -0.120. The lowest BCUT2D eigenvalue weighted by atomic mass is 9.87. The van der Waals surface area contributed by atoms with Crippen molar-refractivity contribution in [2.45, 2.75) is 55.8 Å². The number of ketones is 1. The van der Waals surface area contributed by atoms with Gasteiger partial charge in [0.1, 0.15) is 5.78 Å². The minimum Gasteiger partial charge on any atom is -0.454 e. The molecule has 6 nitrogen and oxygen atoms in total. The Labute approximate surface area is 224 Å². The van der Waals surface area contributed by atoms with E-state index in [-0.39, 0.29) is 12.6 Å². The van der Waals surface area contributed by atoms with Crippen molar-refractivity contribution in [2.75, 3.05) is 19.9 Å². The SMILES string of the molecule is CCCN(CC1CC1)S(=O)(=O)c1ccc(-c2cccc(CC(=O)C3(c4ccc5c(c4)OCO5)CC3)c2)cc1. The molecule has 0 N–H and O–H groups in total. The minimum atomic E-state index is -3.51. The van der Waals surface area contributed by atoms with Crippen LogP contribution in [-0.2, 0) is 26.7 Å². The van der Waals surface area contributed by atoms with E-state index in [4.69, 9.17) is 9.47 Å². The molecule has 198 valence electrons. The van der Waals surface area contributed by atoms with Gasteiger partial charge in [0.05, 0.1) is 10.3 Å². The van der Waals surface area contributed by atoms with Crippen LogP contribution < -0.4 is 9.47 Å². The van der Waals surface area contributed by atoms with E-state index in [2.05, 4.69) is 0 Å². The molecule has 0 unspecified atom stereocenters. The molecule has 2 fully saturated rings. The summed E-state index contributed by atoms with van der Waals surface area (Å²) < 4.78 is 39.1. The zero-order valence-electron chi connectivity index (χ0n) is 21.7. The van der Waals surface area contributed by atoms with Crippen LogP contribution in [0.25, 0.3) is 11.1 Å². The summed E-state index contributed by atoms with van der Waals surface area (Å²) in [5.41, 5.74) is 3.40. The number of benzene rings is 3. The van der Waals surface area contributed by atoms with Gasteiger partial charge in [0.25, 0.3) is 0 Å². The quantitative estimate of drug-likeness (QED) is 0.316. The van der Waals surface area contributed by atoms with Crippen molar-refractivity contribution in [1.29, 1.82) is 0 Å². The molecule has 38 heavy (non-hydrogen) atoms. The third-order valence-electron chi connectivity index (χ3n) is 7.96. The second-order valence-corrected chi connectivity index (χ2v) is 12.7. The van der Waals surface area contributed by atoms with Crippen molar-refractivity contribution in [3.63, 3.8) is 0 Å². The predicted molar refractivity (Wildman–Crippen MR) is 146 cm³/mol. The van der Waals surface area contributed by atoms with E-state index in [0.29, 0.717) is 36.1 Å². The normalized spacial score (nSPS) is 17.5. The van der Waals surface area contributed by atoms with Gasteiger partial charge >= 0.3 is 0 Å². The van der Waals surface area contributed by atoms with Crippen LogP contribution >= 0.6 is 0 Å². The summed E-state index contributed by atoms with van der Waals surface area (Å²) in [6.07, 6.45) is 5.07. The van der Waals surface area contributed by atoms with E-state index < -0.39 is 15.4 Å². The van der Waals surface area contributed by atoms with Gasteiger partial charge in [-0.05, 0) is 84.5 Å². The van der Waals surface area contributed by atoms with Crippen molar-refractivity contribution < 1.29 is 22.7 Å². The number of rotatable bonds is 11. The highest BCUT2D eigenvalue weighted by molar-refractivity contribution is 7.89. The van der Waals surface area contributed by atoms with Gasteiger partial charge in [-0.2, -0.15) is 4.31 Å². The number of ether oxygens (including phenoxy) is 2. The van der Waals surface area contributed by atoms with Gasteiger partial charge in [0, 0.05) is 19.5 Å². The molecular weight excluding hydrogens is 498 g/mol. The van der Waals surface area contributed by atoms with Crippen LogP contribution in [-0.4, -0.2) is 38.4 Å². The molecule has 3 aliphatic rings. The minimum absolute atomic E-state index is 0.210. The molecule has 7 heteroatoms. The summed E-state index contributed by atoms with van der Waals surface area (Å²) in [4.78, 5) is 13.8. The van der Waals surface area contributed by atoms with Crippen molar-refractivity contribution in [2.24, 2.45) is 5.92 Å². The highest BCUT2D eigenvalue weighted by Crippen LogP contribution is 2.51. The maximum Gasteiger partial charge on any atom is 0.243 e. The molecule has 6 rings (SSSR count). The standard InChI is InChI=1S/C31H33NO5S/c1-2-16-32(20-22-6-7-22)38(34,35)27-11-8-24(9-12-27)25-5-3-4-23(17-25)18-30(33)31(14-15-31)26-10-13-28-29(19-26)37-21-36-28/h3-5,8-13,17,19,22H,2,6-7,14-16,18,20-21H2,1H3. The van der Waals surface area contributed by atoms with Crippen molar-refractivity contribution >= 4 is 15.8 Å². The lowest BCUT2D eigenvalue weighted by Gasteiger charge is -2.21. The molecule has 0 atom stereocenters. The predicted octanol–water partition coefficient (Wildman–Crippen LogP) is 5.74. The Hall–Kier alpha value is -3.16. The summed E-state index contributed by atoms with van der Waals surface area (Å²) in [5.74, 6) is 2.14. The summed E-state index contributed by atoms with van der Waals surface area (Å²) in [6, 6.07) is 20.9. The van der Waals surface area contributed by atoms with Crippen LogP contribution in [0.4, 0.5) is 0 Å². The average Bonchev–Trinajstić information content (AvgIpc) is 3.86. The van der Waals surface area contributed by atoms with Crippen LogP contribution in [0, 0.1) is 5.92 Å². The van der Waals surface area contributed by atoms with Crippen LogP contribution in [0.3, 0.4) is 0 Å². The fourth-order valence-corrected chi connectivity index (χ4v) is 6.99. The number of sulfonamides is 1. The molecule has 0 radical (unpaired) electrons. The molecule has 0 aromatic heterocycles. The molecule has 0 spiro atoms. The summed E-state index contributed by atoms with van der Waals surface area (Å²) in [7, 11) is -3.51. The first kappa shape index (κ1) is 25.1. The summed E-state index contributed by atoms with van der Waals surface area (Å²) >= 11 is 0. The highest BCUT2D eigenvalue weighted by atomic mass is 32.2. The second kappa shape index (κ2) is 9.86. The van der Waals surface area contributed by atoms with E-state index in [9.17, 15) is 13.2 Å². The van der Waals surface area contributed by atoms with Gasteiger partial charge < -0.3 is 9.47 Å². The van der Waals surface area contributed by atoms with E-state index in [1.807, 2.05) is 61.5 Å². The smallest absolute Gasteiger partial charge is 0.243 e. The van der Waals surface area contributed by atoms with Gasteiger partial charge in [0.2, 0.25) is 16.8 Å². The molecule has 0 amide bonds. The molecule has 0 saturated heterocycles. The number of carbonyl (C=O) groups excluding carboxylic acids is 1. The molecule has 3 aromatic carbocycles. The zero-order valence-corrected chi connectivity index (χ0v) is 22.5. The topological polar surface area (TPSA) is 72.9 Å². The van der Waals surface area contributed by atoms with Crippen molar-refractivity contribution in [1.82, 2.24) is 4.31 Å². The highest BCUT2D eigenvalue weighted by Gasteiger charge is 2.50. The Morgan fingerprint density at radius 1 is 0.947 bits per heavy atom. The van der Waals surface area contributed by atoms with Crippen molar-refractivity contribution in [3.05, 3.63) is 77.9 Å². The first-order chi connectivity index (χ1) is 18.4. The fourth-order valence-electron chi connectivity index (χ4n) is 5.38. The Kier molecular flexibility index (Phi) is 6.52. The van der Waals surface area contributed by atoms with E-state index in [0.717, 1.165) is 60.1 Å². The fraction of sp³-hybridized carbons (Fsp3) is 0.387. The third-order valence-corrected chi connectivity index (χ3v) is 9.84. The van der Waals surface area contributed by atoms with Crippen LogP contribution in [0.1, 0.15) is 50.2 Å². The number of hydrogen-bond donors (Lipinski definition) is 0. The van der Waals surface area contributed by atoms with E-state index in [1.54, 1.807) is 16.4 Å². The van der Waals surface area contributed by atoms with Gasteiger partial charge in [-0.25, -0.2) is 8.42 Å². The van der Waals surface area contributed by atoms with E-state index in [1.165, 1.54) is 0 Å². The number of Topliss-reactive ketones (excluding diaryl/α,β-unsaturated/α-hetero) is 1. The van der Waals surface area contributed by atoms with E-state index >= 15 is 0 Å². The second-order valence-electron chi connectivity index (χ2n) is 10.8. The Balaban J connectivity index is 1.18. The average molecular weight is 532 g/mol. The molecule has 0 bridgehead atoms. The van der Waals surface area contributed by atoms with Crippen LogP contribution in [0.2, 0.25) is 0 Å². The van der Waals surface area contributed by atoms with Gasteiger partial charge in [0.15, 0.2) is 11.5 Å². The van der Waals surface area contributed by atoms with Crippen molar-refractivity contribution in [3.8, 4) is 22.6 Å². The number of nitrogens with zero attached hydrogens (tertiary/aromatic N) is 1. The van der Waals surface area contributed by atoms with Gasteiger partial charge in [-0.15, -0.1) is 0 Å². The number of carbonyl (C=O) groups is 1. The molecule has 1 aliphatic heterocycles. The zero-order chi connectivity index (χ0) is 26.3. The van der Waals surface area contributed by atoms with Gasteiger partial charge in [-0.1, -0.05) is 49.4 Å². The number of fused-ring (bicyclic) bond motifs is 1. The molecule has 1 heterocycles. The monoisotopic (exact) mass is 531 g/mol. The third kappa shape index (κ3) is 4.85. The van der Waals surface area contributed by atoms with Crippen LogP contribution in [0.15, 0.2) is 71.6 Å². The first-order valence-electron chi connectivity index (χ1n) is 13.5. The summed E-state index contributed by atoms with van der Waals surface area (Å²) in [6.45, 7) is 3.39. The Bertz CT molecular complexity index is 1460. The van der Waals surface area contributed by atoms with Gasteiger partial charge in [-0.3, -0.25) is 4.79 Å². The maximum atomic E-state index is 13.5.